The Morgan fingerprint density at radius 3 is 1.97 bits per heavy atom. The van der Waals surface area contributed by atoms with Gasteiger partial charge in [0.05, 0.1) is 17.7 Å². The van der Waals surface area contributed by atoms with E-state index in [4.69, 9.17) is 4.74 Å². The van der Waals surface area contributed by atoms with Crippen molar-refractivity contribution >= 4 is 21.6 Å². The number of sulfonamides is 1. The van der Waals surface area contributed by atoms with E-state index in [9.17, 15) is 13.2 Å². The summed E-state index contributed by atoms with van der Waals surface area (Å²) in [6, 6.07) is 21.0. The second-order valence-corrected chi connectivity index (χ2v) is 9.15. The van der Waals surface area contributed by atoms with Gasteiger partial charge in [-0.25, -0.2) is 8.42 Å². The highest BCUT2D eigenvalue weighted by Gasteiger charge is 2.27. The standard InChI is InChI=1S/C24H26N2O4S/c1-18-4-10-21(11-5-18)26(31(28,29)23-14-6-19(2)7-15-23)17-24(27)25-16-20-8-12-22(30-3)13-9-20/h4-15H,16-17H2,1-3H3,(H,25,27). The highest BCUT2D eigenvalue weighted by atomic mass is 32.2. The predicted octanol–water partition coefficient (Wildman–Crippen LogP) is 3.82. The average molecular weight is 439 g/mol. The van der Waals surface area contributed by atoms with Gasteiger partial charge >= 0.3 is 0 Å². The number of nitrogens with one attached hydrogen (secondary N) is 1. The van der Waals surface area contributed by atoms with Crippen molar-refractivity contribution in [2.75, 3.05) is 18.0 Å². The Hall–Kier alpha value is -3.32. The topological polar surface area (TPSA) is 75.7 Å². The van der Waals surface area contributed by atoms with Crippen LogP contribution >= 0.6 is 0 Å². The predicted molar refractivity (Wildman–Crippen MR) is 122 cm³/mol. The number of anilines is 1. The molecule has 0 aliphatic carbocycles. The molecule has 0 heterocycles. The number of carbonyl (C=O) groups is 1. The number of carbonyl (C=O) groups excluding carboxylic acids is 1. The lowest BCUT2D eigenvalue weighted by atomic mass is 10.2. The second-order valence-electron chi connectivity index (χ2n) is 7.29. The lowest BCUT2D eigenvalue weighted by Gasteiger charge is -2.24. The SMILES string of the molecule is COc1ccc(CNC(=O)CN(c2ccc(C)cc2)S(=O)(=O)c2ccc(C)cc2)cc1. The zero-order chi connectivity index (χ0) is 22.4. The van der Waals surface area contributed by atoms with Crippen molar-refractivity contribution in [1.29, 1.82) is 0 Å². The first-order valence-corrected chi connectivity index (χ1v) is 11.3. The molecular weight excluding hydrogens is 412 g/mol. The molecule has 0 unspecified atom stereocenters. The van der Waals surface area contributed by atoms with E-state index in [1.165, 1.54) is 0 Å². The van der Waals surface area contributed by atoms with Crippen molar-refractivity contribution in [2.24, 2.45) is 0 Å². The first-order valence-electron chi connectivity index (χ1n) is 9.85. The Kier molecular flexibility index (Phi) is 6.97. The Morgan fingerprint density at radius 2 is 1.42 bits per heavy atom. The van der Waals surface area contributed by atoms with Gasteiger partial charge in [-0.3, -0.25) is 9.10 Å². The number of hydrogen-bond donors (Lipinski definition) is 1. The van der Waals surface area contributed by atoms with Crippen LogP contribution in [0.2, 0.25) is 0 Å². The smallest absolute Gasteiger partial charge is 0.264 e. The number of methoxy groups -OCH3 is 1. The molecule has 0 saturated heterocycles. The Labute approximate surface area is 183 Å². The summed E-state index contributed by atoms with van der Waals surface area (Å²) in [5.41, 5.74) is 3.28. The van der Waals surface area contributed by atoms with Crippen LogP contribution < -0.4 is 14.4 Å². The van der Waals surface area contributed by atoms with Crippen LogP contribution in [0.4, 0.5) is 5.69 Å². The van der Waals surface area contributed by atoms with Crippen LogP contribution in [0.3, 0.4) is 0 Å². The van der Waals surface area contributed by atoms with Crippen molar-refractivity contribution in [2.45, 2.75) is 25.3 Å². The van der Waals surface area contributed by atoms with Crippen molar-refractivity contribution in [3.63, 3.8) is 0 Å². The zero-order valence-electron chi connectivity index (χ0n) is 17.8. The molecule has 7 heteroatoms. The lowest BCUT2D eigenvalue weighted by molar-refractivity contribution is -0.119. The molecule has 0 fully saturated rings. The Bertz CT molecular complexity index is 1120. The molecule has 0 aromatic heterocycles. The molecule has 0 bridgehead atoms. The fourth-order valence-corrected chi connectivity index (χ4v) is 4.41. The summed E-state index contributed by atoms with van der Waals surface area (Å²) in [5.74, 6) is 0.330. The maximum absolute atomic E-state index is 13.3. The van der Waals surface area contributed by atoms with E-state index in [1.807, 2.05) is 50.2 Å². The van der Waals surface area contributed by atoms with E-state index in [2.05, 4.69) is 5.32 Å². The number of benzene rings is 3. The highest BCUT2D eigenvalue weighted by Crippen LogP contribution is 2.24. The van der Waals surface area contributed by atoms with Gasteiger partial charge < -0.3 is 10.1 Å². The summed E-state index contributed by atoms with van der Waals surface area (Å²) in [6.07, 6.45) is 0. The van der Waals surface area contributed by atoms with Gasteiger partial charge in [0.2, 0.25) is 5.91 Å². The van der Waals surface area contributed by atoms with Crippen LogP contribution in [0, 0.1) is 13.8 Å². The van der Waals surface area contributed by atoms with Crippen molar-refractivity contribution in [3.05, 3.63) is 89.5 Å². The maximum Gasteiger partial charge on any atom is 0.264 e. The maximum atomic E-state index is 13.3. The van der Waals surface area contributed by atoms with Crippen LogP contribution in [-0.4, -0.2) is 28.0 Å². The summed E-state index contributed by atoms with van der Waals surface area (Å²) >= 11 is 0. The van der Waals surface area contributed by atoms with Crippen LogP contribution in [0.1, 0.15) is 16.7 Å². The first kappa shape index (κ1) is 22.4. The van der Waals surface area contributed by atoms with Gasteiger partial charge in [-0.1, -0.05) is 47.5 Å². The molecule has 0 atom stereocenters. The monoisotopic (exact) mass is 438 g/mol. The highest BCUT2D eigenvalue weighted by molar-refractivity contribution is 7.92. The zero-order valence-corrected chi connectivity index (χ0v) is 18.6. The molecule has 3 aromatic carbocycles. The van der Waals surface area contributed by atoms with Crippen molar-refractivity contribution < 1.29 is 17.9 Å². The summed E-state index contributed by atoms with van der Waals surface area (Å²) in [5, 5.41) is 2.79. The molecule has 0 aliphatic heterocycles. The average Bonchev–Trinajstić information content (AvgIpc) is 2.77. The largest absolute Gasteiger partial charge is 0.497 e. The van der Waals surface area contributed by atoms with Crippen LogP contribution in [0.5, 0.6) is 5.75 Å². The van der Waals surface area contributed by atoms with E-state index < -0.39 is 15.9 Å². The molecule has 0 aliphatic rings. The van der Waals surface area contributed by atoms with Gasteiger partial charge in [0.25, 0.3) is 10.0 Å². The second kappa shape index (κ2) is 9.66. The minimum Gasteiger partial charge on any atom is -0.497 e. The molecule has 0 spiro atoms. The van der Waals surface area contributed by atoms with E-state index in [1.54, 1.807) is 43.5 Å². The van der Waals surface area contributed by atoms with E-state index in [0.717, 1.165) is 26.7 Å². The number of rotatable bonds is 8. The third kappa shape index (κ3) is 5.64. The minimum absolute atomic E-state index is 0.140. The summed E-state index contributed by atoms with van der Waals surface area (Å²) in [4.78, 5) is 12.8. The normalized spacial score (nSPS) is 11.1. The van der Waals surface area contributed by atoms with Crippen LogP contribution in [0.25, 0.3) is 0 Å². The molecule has 31 heavy (non-hydrogen) atoms. The van der Waals surface area contributed by atoms with Crippen molar-refractivity contribution in [3.8, 4) is 5.75 Å². The molecule has 3 aromatic rings. The molecule has 0 radical (unpaired) electrons. The molecule has 1 N–H and O–H groups in total. The number of amides is 1. The number of aryl methyl sites for hydroxylation is 2. The van der Waals surface area contributed by atoms with Gasteiger partial charge in [-0.15, -0.1) is 0 Å². The summed E-state index contributed by atoms with van der Waals surface area (Å²) in [6.45, 7) is 3.77. The molecule has 162 valence electrons. The minimum atomic E-state index is -3.91. The lowest BCUT2D eigenvalue weighted by Crippen LogP contribution is -2.40. The third-order valence-electron chi connectivity index (χ3n) is 4.87. The summed E-state index contributed by atoms with van der Waals surface area (Å²) in [7, 11) is -2.33. The molecule has 0 saturated carbocycles. The Balaban J connectivity index is 1.81. The van der Waals surface area contributed by atoms with E-state index >= 15 is 0 Å². The van der Waals surface area contributed by atoms with Crippen LogP contribution in [-0.2, 0) is 21.4 Å². The Morgan fingerprint density at radius 1 is 0.871 bits per heavy atom. The van der Waals surface area contributed by atoms with Gasteiger partial charge in [0, 0.05) is 6.54 Å². The van der Waals surface area contributed by atoms with Gasteiger partial charge in [0.1, 0.15) is 12.3 Å². The number of nitrogens with zero attached hydrogens (tertiary/aromatic N) is 1. The summed E-state index contributed by atoms with van der Waals surface area (Å²) < 4.78 is 33.0. The van der Waals surface area contributed by atoms with Crippen LogP contribution in [0.15, 0.2) is 77.7 Å². The fourth-order valence-electron chi connectivity index (χ4n) is 2.99. The van der Waals surface area contributed by atoms with Gasteiger partial charge in [-0.05, 0) is 55.8 Å². The van der Waals surface area contributed by atoms with Gasteiger partial charge in [0.15, 0.2) is 0 Å². The first-order chi connectivity index (χ1) is 14.8. The quantitative estimate of drug-likeness (QED) is 0.580. The van der Waals surface area contributed by atoms with Gasteiger partial charge in [-0.2, -0.15) is 0 Å². The van der Waals surface area contributed by atoms with E-state index in [0.29, 0.717) is 5.69 Å². The molecule has 6 nitrogen and oxygen atoms in total. The molecule has 3 rings (SSSR count). The van der Waals surface area contributed by atoms with E-state index in [-0.39, 0.29) is 18.0 Å². The third-order valence-corrected chi connectivity index (χ3v) is 6.65. The van der Waals surface area contributed by atoms with Crippen molar-refractivity contribution in [1.82, 2.24) is 5.32 Å². The molecule has 1 amide bonds. The molecular formula is C24H26N2O4S. The number of ether oxygens (including phenoxy) is 1. The fraction of sp³-hybridized carbons (Fsp3) is 0.208. The number of hydrogen-bond acceptors (Lipinski definition) is 4.